The molecule has 2 aromatic rings. The molecule has 1 aromatic heterocycles. The molecule has 0 fully saturated rings. The lowest BCUT2D eigenvalue weighted by Gasteiger charge is -2.21. The second kappa shape index (κ2) is 7.49. The Balaban J connectivity index is 2.25. The van der Waals surface area contributed by atoms with Gasteiger partial charge in [-0.05, 0) is 19.3 Å². The molecule has 1 heterocycles. The summed E-state index contributed by atoms with van der Waals surface area (Å²) in [6.07, 6.45) is 1.39. The van der Waals surface area contributed by atoms with E-state index in [1.807, 2.05) is 19.1 Å². The van der Waals surface area contributed by atoms with Gasteiger partial charge in [0.15, 0.2) is 0 Å². The minimum Gasteiger partial charge on any atom is -0.286 e. The molecule has 0 spiro atoms. The summed E-state index contributed by atoms with van der Waals surface area (Å²) in [6, 6.07) is 8.20. The summed E-state index contributed by atoms with van der Waals surface area (Å²) in [6.45, 7) is 8.97. The molecule has 118 valence electrons. The smallest absolute Gasteiger partial charge is 0.228 e. The van der Waals surface area contributed by atoms with E-state index in [2.05, 4.69) is 43.1 Å². The van der Waals surface area contributed by atoms with Crippen LogP contribution >= 0.6 is 11.3 Å². The van der Waals surface area contributed by atoms with Gasteiger partial charge in [0, 0.05) is 18.5 Å². The zero-order valence-electron chi connectivity index (χ0n) is 13.7. The van der Waals surface area contributed by atoms with Crippen LogP contribution in [0.4, 0.5) is 5.13 Å². The second-order valence-electron chi connectivity index (χ2n) is 5.90. The van der Waals surface area contributed by atoms with E-state index in [1.54, 1.807) is 4.90 Å². The van der Waals surface area contributed by atoms with Gasteiger partial charge in [-0.1, -0.05) is 61.9 Å². The number of rotatable bonds is 6. The molecule has 0 atom stereocenters. The van der Waals surface area contributed by atoms with E-state index >= 15 is 0 Å². The molecule has 0 aliphatic rings. The van der Waals surface area contributed by atoms with Gasteiger partial charge in [0.05, 0.1) is 0 Å². The number of hydrogen-bond acceptors (Lipinski definition) is 4. The van der Waals surface area contributed by atoms with Crippen molar-refractivity contribution in [1.82, 2.24) is 10.2 Å². The van der Waals surface area contributed by atoms with Gasteiger partial charge in [-0.2, -0.15) is 0 Å². The van der Waals surface area contributed by atoms with Crippen LogP contribution in [0.1, 0.15) is 39.2 Å². The maximum Gasteiger partial charge on any atom is 0.228 e. The molecule has 0 unspecified atom stereocenters. The lowest BCUT2D eigenvalue weighted by atomic mass is 10.2. The SMILES string of the molecule is CCCC(=O)N(CC(C)C)c1nnc(-c2ccc(C)cc2)s1. The van der Waals surface area contributed by atoms with Gasteiger partial charge < -0.3 is 0 Å². The number of aryl methyl sites for hydroxylation is 1. The van der Waals surface area contributed by atoms with E-state index in [0.717, 1.165) is 17.0 Å². The van der Waals surface area contributed by atoms with Gasteiger partial charge in [0.2, 0.25) is 11.0 Å². The highest BCUT2D eigenvalue weighted by atomic mass is 32.1. The molecule has 4 nitrogen and oxygen atoms in total. The molecule has 0 saturated carbocycles. The molecule has 0 bridgehead atoms. The fourth-order valence-corrected chi connectivity index (χ4v) is 3.01. The quantitative estimate of drug-likeness (QED) is 0.798. The molecular weight excluding hydrogens is 294 g/mol. The number of carbonyl (C=O) groups excluding carboxylic acids is 1. The van der Waals surface area contributed by atoms with Crippen molar-refractivity contribution in [2.75, 3.05) is 11.4 Å². The largest absolute Gasteiger partial charge is 0.286 e. The molecule has 1 aromatic carbocycles. The van der Waals surface area contributed by atoms with Crippen molar-refractivity contribution in [1.29, 1.82) is 0 Å². The second-order valence-corrected chi connectivity index (χ2v) is 6.86. The molecule has 22 heavy (non-hydrogen) atoms. The third-order valence-electron chi connectivity index (χ3n) is 3.26. The first-order valence-electron chi connectivity index (χ1n) is 7.72. The number of hydrogen-bond donors (Lipinski definition) is 0. The molecule has 2 rings (SSSR count). The average Bonchev–Trinajstić information content (AvgIpc) is 2.95. The van der Waals surface area contributed by atoms with Gasteiger partial charge in [0.25, 0.3) is 0 Å². The van der Waals surface area contributed by atoms with Crippen molar-refractivity contribution in [3.8, 4) is 10.6 Å². The first-order valence-corrected chi connectivity index (χ1v) is 8.53. The maximum absolute atomic E-state index is 12.3. The van der Waals surface area contributed by atoms with Crippen LogP contribution in [0.2, 0.25) is 0 Å². The Morgan fingerprint density at radius 2 is 1.91 bits per heavy atom. The third-order valence-corrected chi connectivity index (χ3v) is 4.25. The van der Waals surface area contributed by atoms with Gasteiger partial charge in [-0.3, -0.25) is 9.69 Å². The van der Waals surface area contributed by atoms with Crippen LogP contribution in [0, 0.1) is 12.8 Å². The maximum atomic E-state index is 12.3. The summed E-state index contributed by atoms with van der Waals surface area (Å²) in [4.78, 5) is 14.1. The van der Waals surface area contributed by atoms with E-state index in [9.17, 15) is 4.79 Å². The Bertz CT molecular complexity index is 619. The van der Waals surface area contributed by atoms with Crippen molar-refractivity contribution < 1.29 is 4.79 Å². The predicted molar refractivity (Wildman–Crippen MR) is 92.2 cm³/mol. The first-order chi connectivity index (χ1) is 10.5. The van der Waals surface area contributed by atoms with Crippen molar-refractivity contribution >= 4 is 22.4 Å². The average molecular weight is 317 g/mol. The monoisotopic (exact) mass is 317 g/mol. The van der Waals surface area contributed by atoms with E-state index in [1.165, 1.54) is 16.9 Å². The molecule has 0 aliphatic carbocycles. The number of nitrogens with zero attached hydrogens (tertiary/aromatic N) is 3. The molecular formula is C17H23N3OS. The minimum absolute atomic E-state index is 0.128. The normalized spacial score (nSPS) is 11.0. The molecule has 0 radical (unpaired) electrons. The zero-order valence-corrected chi connectivity index (χ0v) is 14.5. The van der Waals surface area contributed by atoms with Crippen LogP contribution in [0.15, 0.2) is 24.3 Å². The van der Waals surface area contributed by atoms with Gasteiger partial charge >= 0.3 is 0 Å². The zero-order chi connectivity index (χ0) is 16.1. The molecule has 0 N–H and O–H groups in total. The number of anilines is 1. The highest BCUT2D eigenvalue weighted by Gasteiger charge is 2.20. The van der Waals surface area contributed by atoms with Crippen molar-refractivity contribution in [2.45, 2.75) is 40.5 Å². The first kappa shape index (κ1) is 16.6. The predicted octanol–water partition coefficient (Wildman–Crippen LogP) is 4.30. The standard InChI is InChI=1S/C17H23N3OS/c1-5-6-15(21)20(11-12(2)3)17-19-18-16(22-17)14-9-7-13(4)8-10-14/h7-10,12H,5-6,11H2,1-4H3. The third kappa shape index (κ3) is 4.13. The van der Waals surface area contributed by atoms with Gasteiger partial charge in [-0.25, -0.2) is 0 Å². The highest BCUT2D eigenvalue weighted by Crippen LogP contribution is 2.29. The Hall–Kier alpha value is -1.75. The Morgan fingerprint density at radius 1 is 1.23 bits per heavy atom. The van der Waals surface area contributed by atoms with Crippen molar-refractivity contribution in [2.24, 2.45) is 5.92 Å². The number of aromatic nitrogens is 2. The summed E-state index contributed by atoms with van der Waals surface area (Å²) in [5.41, 5.74) is 2.26. The van der Waals surface area contributed by atoms with E-state index < -0.39 is 0 Å². The van der Waals surface area contributed by atoms with Crippen LogP contribution in [0.3, 0.4) is 0 Å². The van der Waals surface area contributed by atoms with Crippen molar-refractivity contribution in [3.05, 3.63) is 29.8 Å². The molecule has 0 saturated heterocycles. The Kier molecular flexibility index (Phi) is 5.66. The van der Waals surface area contributed by atoms with Crippen LogP contribution in [0.5, 0.6) is 0 Å². The molecule has 5 heteroatoms. The number of benzene rings is 1. The topological polar surface area (TPSA) is 46.1 Å². The fraction of sp³-hybridized carbons (Fsp3) is 0.471. The van der Waals surface area contributed by atoms with Crippen LogP contribution < -0.4 is 4.90 Å². The number of carbonyl (C=O) groups is 1. The van der Waals surface area contributed by atoms with Crippen molar-refractivity contribution in [3.63, 3.8) is 0 Å². The summed E-state index contributed by atoms with van der Waals surface area (Å²) in [5.74, 6) is 0.523. The van der Waals surface area contributed by atoms with E-state index in [4.69, 9.17) is 0 Å². The Labute approximate surface area is 136 Å². The summed E-state index contributed by atoms with van der Waals surface area (Å²) in [7, 11) is 0. The van der Waals surface area contributed by atoms with Gasteiger partial charge in [0.1, 0.15) is 5.01 Å². The fourth-order valence-electron chi connectivity index (χ4n) is 2.14. The number of amides is 1. The van der Waals surface area contributed by atoms with Crippen LogP contribution in [-0.2, 0) is 4.79 Å². The van der Waals surface area contributed by atoms with E-state index in [-0.39, 0.29) is 5.91 Å². The summed E-state index contributed by atoms with van der Waals surface area (Å²) < 4.78 is 0. The lowest BCUT2D eigenvalue weighted by molar-refractivity contribution is -0.118. The highest BCUT2D eigenvalue weighted by molar-refractivity contribution is 7.18. The molecule has 1 amide bonds. The van der Waals surface area contributed by atoms with E-state index in [0.29, 0.717) is 24.0 Å². The van der Waals surface area contributed by atoms with Crippen LogP contribution in [0.25, 0.3) is 10.6 Å². The Morgan fingerprint density at radius 3 is 2.50 bits per heavy atom. The van der Waals surface area contributed by atoms with Gasteiger partial charge in [-0.15, -0.1) is 10.2 Å². The summed E-state index contributed by atoms with van der Waals surface area (Å²) >= 11 is 1.48. The minimum atomic E-state index is 0.128. The summed E-state index contributed by atoms with van der Waals surface area (Å²) in [5, 5.41) is 10.1. The van der Waals surface area contributed by atoms with Crippen LogP contribution in [-0.4, -0.2) is 22.6 Å². The molecule has 0 aliphatic heterocycles. The lowest BCUT2D eigenvalue weighted by Crippen LogP contribution is -2.33.